The van der Waals surface area contributed by atoms with Crippen molar-refractivity contribution in [1.82, 2.24) is 14.4 Å². The third kappa shape index (κ3) is 4.01. The molecule has 0 radical (unpaired) electrons. The molecule has 158 valence electrons. The van der Waals surface area contributed by atoms with E-state index in [0.29, 0.717) is 0 Å². The molecule has 2 aromatic carbocycles. The summed E-state index contributed by atoms with van der Waals surface area (Å²) in [6.45, 7) is 6.04. The quantitative estimate of drug-likeness (QED) is 0.487. The summed E-state index contributed by atoms with van der Waals surface area (Å²) >= 11 is 0. The Morgan fingerprint density at radius 1 is 0.935 bits per heavy atom. The van der Waals surface area contributed by atoms with Gasteiger partial charge in [-0.1, -0.05) is 35.9 Å². The van der Waals surface area contributed by atoms with Crippen molar-refractivity contribution in [3.8, 4) is 11.1 Å². The van der Waals surface area contributed by atoms with Gasteiger partial charge in [0.25, 0.3) is 5.91 Å². The van der Waals surface area contributed by atoms with Crippen molar-refractivity contribution in [2.45, 2.75) is 13.5 Å². The third-order valence-corrected chi connectivity index (χ3v) is 6.15. The Balaban J connectivity index is 1.24. The fourth-order valence-corrected chi connectivity index (χ4v) is 4.28. The van der Waals surface area contributed by atoms with Crippen LogP contribution in [0.25, 0.3) is 22.1 Å². The second-order valence-corrected chi connectivity index (χ2v) is 8.40. The molecule has 1 fully saturated rings. The van der Waals surface area contributed by atoms with E-state index in [4.69, 9.17) is 4.42 Å². The van der Waals surface area contributed by atoms with Crippen LogP contribution in [0.3, 0.4) is 0 Å². The lowest BCUT2D eigenvalue weighted by molar-refractivity contribution is 0.0612. The summed E-state index contributed by atoms with van der Waals surface area (Å²) in [6.07, 6.45) is 1.91. The molecule has 3 heterocycles. The van der Waals surface area contributed by atoms with Gasteiger partial charge in [-0.15, -0.1) is 0 Å². The number of fused-ring (bicyclic) bond motifs is 1. The number of benzene rings is 2. The second kappa shape index (κ2) is 8.08. The number of carbonyl (C=O) groups is 1. The molecule has 1 aliphatic rings. The lowest BCUT2D eigenvalue weighted by atomic mass is 10.0. The van der Waals surface area contributed by atoms with E-state index in [1.165, 1.54) is 16.7 Å². The molecule has 0 atom stereocenters. The molecule has 5 heteroatoms. The summed E-state index contributed by atoms with van der Waals surface area (Å²) in [6, 6.07) is 20.9. The molecule has 1 saturated heterocycles. The normalized spacial score (nSPS) is 15.0. The fourth-order valence-electron chi connectivity index (χ4n) is 4.28. The third-order valence-electron chi connectivity index (χ3n) is 6.15. The second-order valence-electron chi connectivity index (χ2n) is 8.40. The van der Waals surface area contributed by atoms with Crippen LogP contribution in [0.15, 0.2) is 71.3 Å². The molecular formula is C26H27N3O2. The highest BCUT2D eigenvalue weighted by molar-refractivity contribution is 5.92. The van der Waals surface area contributed by atoms with Crippen LogP contribution in [0.1, 0.15) is 21.8 Å². The Labute approximate surface area is 182 Å². The number of aryl methyl sites for hydroxylation is 2. The Morgan fingerprint density at radius 2 is 1.68 bits per heavy atom. The molecule has 0 spiro atoms. The maximum absolute atomic E-state index is 12.7. The molecule has 0 bridgehead atoms. The van der Waals surface area contributed by atoms with E-state index in [9.17, 15) is 4.79 Å². The molecule has 0 unspecified atom stereocenters. The molecule has 0 aliphatic carbocycles. The van der Waals surface area contributed by atoms with E-state index >= 15 is 0 Å². The Hall–Kier alpha value is -3.31. The first-order valence-electron chi connectivity index (χ1n) is 10.8. The highest BCUT2D eigenvalue weighted by Crippen LogP contribution is 2.27. The zero-order valence-corrected chi connectivity index (χ0v) is 18.0. The number of piperazine rings is 1. The summed E-state index contributed by atoms with van der Waals surface area (Å²) in [5, 5.41) is 1.13. The zero-order valence-electron chi connectivity index (χ0n) is 18.0. The molecule has 5 nitrogen and oxygen atoms in total. The van der Waals surface area contributed by atoms with E-state index in [-0.39, 0.29) is 5.91 Å². The van der Waals surface area contributed by atoms with Crippen molar-refractivity contribution in [1.29, 1.82) is 0 Å². The summed E-state index contributed by atoms with van der Waals surface area (Å²) < 4.78 is 7.99. The Morgan fingerprint density at radius 3 is 2.39 bits per heavy atom. The molecule has 0 saturated carbocycles. The van der Waals surface area contributed by atoms with Gasteiger partial charge < -0.3 is 13.9 Å². The summed E-state index contributed by atoms with van der Waals surface area (Å²) in [5.74, 6) is 1.08. The number of rotatable bonds is 4. The van der Waals surface area contributed by atoms with Gasteiger partial charge >= 0.3 is 0 Å². The minimum absolute atomic E-state index is 0.111. The highest BCUT2D eigenvalue weighted by Gasteiger charge is 2.24. The van der Waals surface area contributed by atoms with Crippen molar-refractivity contribution in [3.63, 3.8) is 0 Å². The molecule has 5 rings (SSSR count). The largest absolute Gasteiger partial charge is 0.460 e. The molecule has 2 aromatic heterocycles. The van der Waals surface area contributed by atoms with Gasteiger partial charge in [-0.3, -0.25) is 9.69 Å². The first kappa shape index (κ1) is 19.6. The van der Waals surface area contributed by atoms with Gasteiger partial charge in [-0.2, -0.15) is 0 Å². The van der Waals surface area contributed by atoms with Crippen LogP contribution in [-0.2, 0) is 13.6 Å². The Kier molecular flexibility index (Phi) is 5.12. The highest BCUT2D eigenvalue weighted by atomic mass is 16.3. The first-order chi connectivity index (χ1) is 15.1. The molecule has 0 N–H and O–H groups in total. The molecule has 31 heavy (non-hydrogen) atoms. The maximum Gasteiger partial charge on any atom is 0.270 e. The number of nitrogens with zero attached hydrogens (tertiary/aromatic N) is 3. The predicted molar refractivity (Wildman–Crippen MR) is 123 cm³/mol. The molecular weight excluding hydrogens is 386 g/mol. The van der Waals surface area contributed by atoms with Crippen molar-refractivity contribution in [2.75, 3.05) is 26.2 Å². The van der Waals surface area contributed by atoms with Gasteiger partial charge in [0.15, 0.2) is 0 Å². The lowest BCUT2D eigenvalue weighted by Crippen LogP contribution is -2.48. The number of hydrogen-bond donors (Lipinski definition) is 0. The van der Waals surface area contributed by atoms with Gasteiger partial charge in [0.2, 0.25) is 0 Å². The van der Waals surface area contributed by atoms with Gasteiger partial charge in [0.05, 0.1) is 6.54 Å². The Bertz CT molecular complexity index is 1210. The molecule has 1 amide bonds. The van der Waals surface area contributed by atoms with Crippen LogP contribution in [0, 0.1) is 6.92 Å². The van der Waals surface area contributed by atoms with Gasteiger partial charge in [0.1, 0.15) is 17.0 Å². The summed E-state index contributed by atoms with van der Waals surface area (Å²) in [5.41, 5.74) is 5.35. The van der Waals surface area contributed by atoms with Crippen LogP contribution in [0.4, 0.5) is 0 Å². The zero-order chi connectivity index (χ0) is 21.4. The van der Waals surface area contributed by atoms with Crippen LogP contribution in [-0.4, -0.2) is 46.5 Å². The van der Waals surface area contributed by atoms with Crippen LogP contribution >= 0.6 is 0 Å². The van der Waals surface area contributed by atoms with E-state index in [1.807, 2.05) is 34.8 Å². The van der Waals surface area contributed by atoms with Crippen molar-refractivity contribution >= 4 is 16.9 Å². The SMILES string of the molecule is Cc1ccc(-c2ccc3oc(CN4CCN(C(=O)c5cccn5C)CC4)cc3c2)cc1. The van der Waals surface area contributed by atoms with E-state index < -0.39 is 0 Å². The first-order valence-corrected chi connectivity index (χ1v) is 10.8. The number of hydrogen-bond acceptors (Lipinski definition) is 3. The van der Waals surface area contributed by atoms with Gasteiger partial charge in [-0.05, 0) is 48.4 Å². The summed E-state index contributed by atoms with van der Waals surface area (Å²) in [7, 11) is 1.91. The lowest BCUT2D eigenvalue weighted by Gasteiger charge is -2.34. The van der Waals surface area contributed by atoms with E-state index in [0.717, 1.165) is 55.1 Å². The number of amides is 1. The average molecular weight is 414 g/mol. The van der Waals surface area contributed by atoms with Crippen molar-refractivity contribution in [2.24, 2.45) is 7.05 Å². The van der Waals surface area contributed by atoms with Crippen molar-refractivity contribution in [3.05, 3.63) is 83.9 Å². The van der Waals surface area contributed by atoms with Crippen molar-refractivity contribution < 1.29 is 9.21 Å². The van der Waals surface area contributed by atoms with E-state index in [2.05, 4.69) is 60.4 Å². The van der Waals surface area contributed by atoms with E-state index in [1.54, 1.807) is 0 Å². The molecule has 4 aromatic rings. The maximum atomic E-state index is 12.7. The fraction of sp³-hybridized carbons (Fsp3) is 0.269. The minimum Gasteiger partial charge on any atom is -0.460 e. The van der Waals surface area contributed by atoms with Gasteiger partial charge in [0, 0.05) is 44.8 Å². The predicted octanol–water partition coefficient (Wildman–Crippen LogP) is 4.70. The number of aromatic nitrogens is 1. The molecule has 1 aliphatic heterocycles. The summed E-state index contributed by atoms with van der Waals surface area (Å²) in [4.78, 5) is 17.0. The number of carbonyl (C=O) groups excluding carboxylic acids is 1. The van der Waals surface area contributed by atoms with Gasteiger partial charge in [-0.25, -0.2) is 0 Å². The van der Waals surface area contributed by atoms with Crippen LogP contribution in [0.5, 0.6) is 0 Å². The monoisotopic (exact) mass is 413 g/mol. The van der Waals surface area contributed by atoms with Crippen LogP contribution in [0.2, 0.25) is 0 Å². The minimum atomic E-state index is 0.111. The number of furan rings is 1. The average Bonchev–Trinajstić information content (AvgIpc) is 3.39. The topological polar surface area (TPSA) is 41.6 Å². The standard InChI is InChI=1S/C26H27N3O2/c1-19-5-7-20(8-6-19)21-9-10-25-22(16-21)17-23(31-25)18-28-12-14-29(15-13-28)26(30)24-4-3-11-27(24)2/h3-11,16-17H,12-15,18H2,1-2H3. The smallest absolute Gasteiger partial charge is 0.270 e. The van der Waals surface area contributed by atoms with Crippen LogP contribution < -0.4 is 0 Å².